The van der Waals surface area contributed by atoms with Crippen LogP contribution in [0.5, 0.6) is 5.75 Å². The molecule has 0 radical (unpaired) electrons. The van der Waals surface area contributed by atoms with Gasteiger partial charge in [0.1, 0.15) is 5.75 Å². The molecule has 0 saturated carbocycles. The third kappa shape index (κ3) is 3.99. The van der Waals surface area contributed by atoms with Crippen molar-refractivity contribution in [2.24, 2.45) is 0 Å². The van der Waals surface area contributed by atoms with Gasteiger partial charge in [0, 0.05) is 44.5 Å². The first-order valence-corrected chi connectivity index (χ1v) is 6.91. The summed E-state index contributed by atoms with van der Waals surface area (Å²) in [5.74, 6) is 0.271. The van der Waals surface area contributed by atoms with E-state index in [2.05, 4.69) is 4.90 Å². The Labute approximate surface area is 125 Å². The Morgan fingerprint density at radius 3 is 2.29 bits per heavy atom. The highest BCUT2D eigenvalue weighted by Crippen LogP contribution is 2.27. The van der Waals surface area contributed by atoms with Crippen LogP contribution in [0.1, 0.15) is 6.92 Å². The average molecular weight is 284 g/mol. The molecule has 0 spiro atoms. The number of carbonyl (C=O) groups is 1. The lowest BCUT2D eigenvalue weighted by atomic mass is 10.2. The van der Waals surface area contributed by atoms with E-state index in [1.165, 1.54) is 0 Å². The zero-order valence-electron chi connectivity index (χ0n) is 12.4. The quantitative estimate of drug-likeness (QED) is 0.918. The fourth-order valence-electron chi connectivity index (χ4n) is 2.08. The molecule has 0 bridgehead atoms. The Bertz CT molecular complexity index is 599. The molecule has 0 aliphatic rings. The van der Waals surface area contributed by atoms with E-state index in [0.29, 0.717) is 13.1 Å². The summed E-state index contributed by atoms with van der Waals surface area (Å²) in [5, 5.41) is 9.68. The molecule has 0 atom stereocenters. The summed E-state index contributed by atoms with van der Waals surface area (Å²) >= 11 is 0. The fraction of sp³-hybridized carbons (Fsp3) is 0.235. The maximum atomic E-state index is 11.4. The summed E-state index contributed by atoms with van der Waals surface area (Å²) in [6, 6.07) is 17.1. The average Bonchev–Trinajstić information content (AvgIpc) is 2.48. The Balaban J connectivity index is 2.25. The van der Waals surface area contributed by atoms with Gasteiger partial charge < -0.3 is 14.9 Å². The lowest BCUT2D eigenvalue weighted by Crippen LogP contribution is -2.33. The van der Waals surface area contributed by atoms with Crippen molar-refractivity contribution in [1.29, 1.82) is 0 Å². The number of hydrogen-bond acceptors (Lipinski definition) is 3. The maximum Gasteiger partial charge on any atom is 0.219 e. The van der Waals surface area contributed by atoms with E-state index in [0.717, 1.165) is 11.4 Å². The van der Waals surface area contributed by atoms with Crippen molar-refractivity contribution in [2.75, 3.05) is 25.0 Å². The zero-order chi connectivity index (χ0) is 15.2. The van der Waals surface area contributed by atoms with Crippen molar-refractivity contribution < 1.29 is 9.90 Å². The van der Waals surface area contributed by atoms with E-state index in [9.17, 15) is 9.90 Å². The first-order valence-electron chi connectivity index (χ1n) is 6.91. The van der Waals surface area contributed by atoms with Gasteiger partial charge in [0.15, 0.2) is 0 Å². The molecule has 0 saturated heterocycles. The molecule has 0 aliphatic heterocycles. The van der Waals surface area contributed by atoms with Crippen LogP contribution in [0.3, 0.4) is 0 Å². The van der Waals surface area contributed by atoms with Crippen molar-refractivity contribution in [1.82, 2.24) is 4.90 Å². The molecule has 2 rings (SSSR count). The largest absolute Gasteiger partial charge is 0.508 e. The van der Waals surface area contributed by atoms with Gasteiger partial charge in [-0.3, -0.25) is 4.79 Å². The normalized spacial score (nSPS) is 10.2. The maximum absolute atomic E-state index is 11.4. The van der Waals surface area contributed by atoms with Crippen molar-refractivity contribution in [3.63, 3.8) is 0 Å². The molecule has 110 valence electrons. The van der Waals surface area contributed by atoms with Gasteiger partial charge in [-0.15, -0.1) is 0 Å². The predicted octanol–water partition coefficient (Wildman–Crippen LogP) is 3.01. The topological polar surface area (TPSA) is 43.8 Å². The van der Waals surface area contributed by atoms with Crippen LogP contribution in [0, 0.1) is 0 Å². The van der Waals surface area contributed by atoms with Crippen LogP contribution in [0.2, 0.25) is 0 Å². The SMILES string of the molecule is CC(=O)N(C)CCN(c1ccccc1)c1cccc(O)c1. The molecular formula is C17H20N2O2. The third-order valence-electron chi connectivity index (χ3n) is 3.41. The summed E-state index contributed by atoms with van der Waals surface area (Å²) in [7, 11) is 1.79. The number of carbonyl (C=O) groups excluding carboxylic acids is 1. The minimum atomic E-state index is 0.0407. The van der Waals surface area contributed by atoms with Gasteiger partial charge in [0.2, 0.25) is 5.91 Å². The highest BCUT2D eigenvalue weighted by Gasteiger charge is 2.11. The van der Waals surface area contributed by atoms with E-state index in [1.54, 1.807) is 31.0 Å². The highest BCUT2D eigenvalue weighted by molar-refractivity contribution is 5.73. The molecule has 0 aromatic heterocycles. The van der Waals surface area contributed by atoms with Gasteiger partial charge in [-0.1, -0.05) is 24.3 Å². The summed E-state index contributed by atoms with van der Waals surface area (Å²) in [5.41, 5.74) is 1.93. The van der Waals surface area contributed by atoms with E-state index < -0.39 is 0 Å². The monoisotopic (exact) mass is 284 g/mol. The molecule has 0 heterocycles. The molecule has 1 N–H and O–H groups in total. The van der Waals surface area contributed by atoms with Gasteiger partial charge in [0.05, 0.1) is 0 Å². The molecule has 4 nitrogen and oxygen atoms in total. The summed E-state index contributed by atoms with van der Waals surface area (Å²) in [4.78, 5) is 15.1. The number of benzene rings is 2. The van der Waals surface area contributed by atoms with Crippen LogP contribution in [-0.2, 0) is 4.79 Å². The number of hydrogen-bond donors (Lipinski definition) is 1. The standard InChI is InChI=1S/C17H20N2O2/c1-14(20)18(2)11-12-19(15-7-4-3-5-8-15)16-9-6-10-17(21)13-16/h3-10,13,21H,11-12H2,1-2H3. The Morgan fingerprint density at radius 2 is 1.67 bits per heavy atom. The Kier molecular flexibility index (Phi) is 4.82. The number of phenolic OH excluding ortho intramolecular Hbond substituents is 1. The minimum Gasteiger partial charge on any atom is -0.508 e. The van der Waals surface area contributed by atoms with Gasteiger partial charge in [-0.05, 0) is 24.3 Å². The second kappa shape index (κ2) is 6.79. The zero-order valence-corrected chi connectivity index (χ0v) is 12.4. The minimum absolute atomic E-state index is 0.0407. The number of phenols is 1. The lowest BCUT2D eigenvalue weighted by Gasteiger charge is -2.27. The molecular weight excluding hydrogens is 264 g/mol. The number of para-hydroxylation sites is 1. The second-order valence-corrected chi connectivity index (χ2v) is 4.95. The number of aromatic hydroxyl groups is 1. The van der Waals surface area contributed by atoms with E-state index >= 15 is 0 Å². The molecule has 0 fully saturated rings. The Hall–Kier alpha value is -2.49. The highest BCUT2D eigenvalue weighted by atomic mass is 16.3. The molecule has 0 aliphatic carbocycles. The molecule has 2 aromatic carbocycles. The molecule has 2 aromatic rings. The fourth-order valence-corrected chi connectivity index (χ4v) is 2.08. The van der Waals surface area contributed by atoms with Crippen LogP contribution < -0.4 is 4.90 Å². The molecule has 4 heteroatoms. The van der Waals surface area contributed by atoms with Crippen molar-refractivity contribution >= 4 is 17.3 Å². The van der Waals surface area contributed by atoms with Crippen molar-refractivity contribution in [2.45, 2.75) is 6.92 Å². The first kappa shape index (κ1) is 14.9. The van der Waals surface area contributed by atoms with Crippen LogP contribution >= 0.6 is 0 Å². The number of anilines is 2. The molecule has 1 amide bonds. The van der Waals surface area contributed by atoms with Gasteiger partial charge in [-0.2, -0.15) is 0 Å². The van der Waals surface area contributed by atoms with E-state index in [1.807, 2.05) is 42.5 Å². The van der Waals surface area contributed by atoms with Crippen LogP contribution in [0.25, 0.3) is 0 Å². The number of rotatable bonds is 5. The van der Waals surface area contributed by atoms with Gasteiger partial charge >= 0.3 is 0 Å². The van der Waals surface area contributed by atoms with Crippen molar-refractivity contribution in [3.8, 4) is 5.75 Å². The predicted molar refractivity (Wildman–Crippen MR) is 84.9 cm³/mol. The summed E-state index contributed by atoms with van der Waals surface area (Å²) in [6.07, 6.45) is 0. The number of nitrogens with zero attached hydrogens (tertiary/aromatic N) is 2. The third-order valence-corrected chi connectivity index (χ3v) is 3.41. The van der Waals surface area contributed by atoms with Crippen LogP contribution in [0.4, 0.5) is 11.4 Å². The second-order valence-electron chi connectivity index (χ2n) is 4.95. The molecule has 21 heavy (non-hydrogen) atoms. The first-order chi connectivity index (χ1) is 10.1. The lowest BCUT2D eigenvalue weighted by molar-refractivity contribution is -0.127. The summed E-state index contributed by atoms with van der Waals surface area (Å²) < 4.78 is 0. The van der Waals surface area contributed by atoms with E-state index in [4.69, 9.17) is 0 Å². The van der Waals surface area contributed by atoms with Crippen molar-refractivity contribution in [3.05, 3.63) is 54.6 Å². The molecule has 0 unspecified atom stereocenters. The number of likely N-dealkylation sites (N-methyl/N-ethyl adjacent to an activating group) is 1. The van der Waals surface area contributed by atoms with Crippen LogP contribution in [-0.4, -0.2) is 36.1 Å². The van der Waals surface area contributed by atoms with Gasteiger partial charge in [0.25, 0.3) is 0 Å². The Morgan fingerprint density at radius 1 is 1.00 bits per heavy atom. The van der Waals surface area contributed by atoms with Gasteiger partial charge in [-0.25, -0.2) is 0 Å². The van der Waals surface area contributed by atoms with Crippen LogP contribution in [0.15, 0.2) is 54.6 Å². The number of amides is 1. The smallest absolute Gasteiger partial charge is 0.219 e. The van der Waals surface area contributed by atoms with E-state index in [-0.39, 0.29) is 11.7 Å². The summed E-state index contributed by atoms with van der Waals surface area (Å²) in [6.45, 7) is 2.82.